The van der Waals surface area contributed by atoms with Crippen LogP contribution in [-0.4, -0.2) is 22.5 Å². The third kappa shape index (κ3) is 4.09. The fourth-order valence-electron chi connectivity index (χ4n) is 3.31. The van der Waals surface area contributed by atoms with Crippen LogP contribution >= 0.6 is 0 Å². The summed E-state index contributed by atoms with van der Waals surface area (Å²) in [5.41, 5.74) is 5.36. The molecule has 3 heteroatoms. The number of nitrogens with zero attached hydrogens (tertiary/aromatic N) is 3. The van der Waals surface area contributed by atoms with E-state index in [0.29, 0.717) is 0 Å². The summed E-state index contributed by atoms with van der Waals surface area (Å²) >= 11 is 0. The zero-order valence-corrected chi connectivity index (χ0v) is 16.1. The Kier molecular flexibility index (Phi) is 6.01. The highest BCUT2D eigenvalue weighted by atomic mass is 15.3. The van der Waals surface area contributed by atoms with Gasteiger partial charge in [0.15, 0.2) is 0 Å². The Bertz CT molecular complexity index is 918. The number of aromatic nitrogens is 2. The molecule has 2 aromatic carbocycles. The molecule has 1 heterocycles. The van der Waals surface area contributed by atoms with Crippen molar-refractivity contribution in [3.05, 3.63) is 104 Å². The second-order valence-electron chi connectivity index (χ2n) is 6.82. The average Bonchev–Trinajstić information content (AvgIpc) is 3.42. The van der Waals surface area contributed by atoms with E-state index in [0.717, 1.165) is 41.9 Å². The van der Waals surface area contributed by atoms with E-state index in [1.165, 1.54) is 11.5 Å². The molecule has 0 spiro atoms. The molecule has 139 valence electrons. The van der Waals surface area contributed by atoms with Crippen molar-refractivity contribution in [2.24, 2.45) is 4.99 Å². The van der Waals surface area contributed by atoms with Crippen LogP contribution < -0.4 is 0 Å². The van der Waals surface area contributed by atoms with E-state index in [-0.39, 0.29) is 0 Å². The van der Waals surface area contributed by atoms with Crippen LogP contribution in [-0.2, 0) is 0 Å². The van der Waals surface area contributed by atoms with Gasteiger partial charge in [-0.15, -0.1) is 0 Å². The van der Waals surface area contributed by atoms with Crippen molar-refractivity contribution in [1.82, 2.24) is 9.78 Å². The molecular weight excluding hydrogens is 342 g/mol. The third-order valence-electron chi connectivity index (χ3n) is 4.79. The number of rotatable bonds is 7. The number of unbranched alkanes of at least 4 members (excludes halogenated alkanes) is 1. The highest BCUT2D eigenvalue weighted by Crippen LogP contribution is 2.37. The fraction of sp³-hybridized carbons (Fsp3) is 0.160. The molecular formula is C25H24N3. The smallest absolute Gasteiger partial charge is 0.102 e. The summed E-state index contributed by atoms with van der Waals surface area (Å²) in [6, 6.07) is 18.7. The topological polar surface area (TPSA) is 30.2 Å². The van der Waals surface area contributed by atoms with Gasteiger partial charge in [0, 0.05) is 36.0 Å². The lowest BCUT2D eigenvalue weighted by molar-refractivity contribution is 0.810. The molecule has 0 saturated heterocycles. The molecule has 0 bridgehead atoms. The van der Waals surface area contributed by atoms with E-state index < -0.39 is 0 Å². The number of hydrogen-bond acceptors (Lipinski definition) is 2. The Labute approximate surface area is 168 Å². The molecule has 5 radical (unpaired) electrons. The van der Waals surface area contributed by atoms with Gasteiger partial charge in [-0.1, -0.05) is 55.8 Å². The maximum atomic E-state index is 4.95. The van der Waals surface area contributed by atoms with Crippen molar-refractivity contribution in [2.75, 3.05) is 6.54 Å². The monoisotopic (exact) mass is 366 g/mol. The van der Waals surface area contributed by atoms with Gasteiger partial charge in [-0.2, -0.15) is 5.10 Å². The normalized spacial score (nSPS) is 14.9. The summed E-state index contributed by atoms with van der Waals surface area (Å²) in [6.07, 6.45) is 14.7. The van der Waals surface area contributed by atoms with Gasteiger partial charge in [-0.3, -0.25) is 4.99 Å². The molecule has 0 aliphatic heterocycles. The second kappa shape index (κ2) is 9.01. The lowest BCUT2D eigenvalue weighted by Crippen LogP contribution is -2.00. The van der Waals surface area contributed by atoms with E-state index in [9.17, 15) is 0 Å². The molecule has 1 fully saturated rings. The number of hydrogen-bond donors (Lipinski definition) is 0. The molecule has 28 heavy (non-hydrogen) atoms. The highest BCUT2D eigenvalue weighted by molar-refractivity contribution is 5.90. The molecule has 1 aliphatic rings. The summed E-state index contributed by atoms with van der Waals surface area (Å²) in [7, 11) is 0. The van der Waals surface area contributed by atoms with E-state index in [4.69, 9.17) is 5.10 Å². The minimum absolute atomic E-state index is 0.844. The van der Waals surface area contributed by atoms with Gasteiger partial charge in [-0.25, -0.2) is 4.68 Å². The predicted octanol–water partition coefficient (Wildman–Crippen LogP) is 5.51. The highest BCUT2D eigenvalue weighted by Gasteiger charge is 2.23. The van der Waals surface area contributed by atoms with Crippen LogP contribution in [0.15, 0.2) is 65.8 Å². The van der Waals surface area contributed by atoms with Gasteiger partial charge in [0.25, 0.3) is 0 Å². The molecule has 0 amide bonds. The zero-order chi connectivity index (χ0) is 19.2. The predicted molar refractivity (Wildman–Crippen MR) is 116 cm³/mol. The van der Waals surface area contributed by atoms with Crippen molar-refractivity contribution >= 4 is 6.21 Å². The largest absolute Gasteiger partial charge is 0.292 e. The van der Waals surface area contributed by atoms with Crippen LogP contribution in [0.1, 0.15) is 30.9 Å². The third-order valence-corrected chi connectivity index (χ3v) is 4.79. The molecule has 1 aromatic heterocycles. The van der Waals surface area contributed by atoms with Crippen molar-refractivity contribution < 1.29 is 0 Å². The molecule has 3 aromatic rings. The maximum Gasteiger partial charge on any atom is 0.102 e. The standard InChI is InChI=1S/C25H24N3/c1-2-3-17-26-18-21-19-28(22-13-5-4-6-14-22)27-25(21)24-16-10-9-15-23(24)20-11-7-8-12-20/h4-16,18-19H,2-3,17H2,1H3. The summed E-state index contributed by atoms with van der Waals surface area (Å²) in [6.45, 7) is 3.03. The number of aliphatic imine (C=N–C) groups is 1. The van der Waals surface area contributed by atoms with Crippen LogP contribution in [0.4, 0.5) is 0 Å². The first-order valence-corrected chi connectivity index (χ1v) is 9.83. The van der Waals surface area contributed by atoms with E-state index in [1.807, 2.05) is 29.1 Å². The van der Waals surface area contributed by atoms with E-state index in [1.54, 1.807) is 0 Å². The van der Waals surface area contributed by atoms with Crippen LogP contribution in [0, 0.1) is 31.6 Å². The van der Waals surface area contributed by atoms with Crippen LogP contribution in [0.5, 0.6) is 0 Å². The number of benzene rings is 2. The Morgan fingerprint density at radius 3 is 2.39 bits per heavy atom. The minimum Gasteiger partial charge on any atom is -0.292 e. The molecule has 4 rings (SSSR count). The lowest BCUT2D eigenvalue weighted by Gasteiger charge is -2.13. The fourth-order valence-corrected chi connectivity index (χ4v) is 3.31. The summed E-state index contributed by atoms with van der Waals surface area (Å²) < 4.78 is 1.94. The summed E-state index contributed by atoms with van der Waals surface area (Å²) in [4.78, 5) is 4.64. The van der Waals surface area contributed by atoms with Crippen LogP contribution in [0.3, 0.4) is 0 Å². The molecule has 0 N–H and O–H groups in total. The van der Waals surface area contributed by atoms with Gasteiger partial charge >= 0.3 is 0 Å². The molecule has 1 aliphatic carbocycles. The van der Waals surface area contributed by atoms with Gasteiger partial charge in [0.1, 0.15) is 5.69 Å². The summed E-state index contributed by atoms with van der Waals surface area (Å²) in [5.74, 6) is 1.21. The first kappa shape index (κ1) is 18.7. The van der Waals surface area contributed by atoms with Gasteiger partial charge < -0.3 is 0 Å². The first-order chi connectivity index (χ1) is 13.9. The Hall–Kier alpha value is -2.68. The quantitative estimate of drug-likeness (QED) is 0.400. The van der Waals surface area contributed by atoms with Gasteiger partial charge in [0.2, 0.25) is 0 Å². The average molecular weight is 366 g/mol. The van der Waals surface area contributed by atoms with E-state index in [2.05, 4.69) is 80.2 Å². The maximum absolute atomic E-state index is 4.95. The first-order valence-electron chi connectivity index (χ1n) is 9.83. The zero-order valence-electron chi connectivity index (χ0n) is 16.1. The molecule has 0 unspecified atom stereocenters. The SMILES string of the molecule is CCCCN=Cc1cn(-c2ccccc2)nc1-c1ccccc1[C]1[CH][CH][CH][CH]1. The van der Waals surface area contributed by atoms with Crippen molar-refractivity contribution in [3.63, 3.8) is 0 Å². The molecule has 3 nitrogen and oxygen atoms in total. The van der Waals surface area contributed by atoms with Crippen LogP contribution in [0.2, 0.25) is 0 Å². The second-order valence-corrected chi connectivity index (χ2v) is 6.82. The van der Waals surface area contributed by atoms with Crippen molar-refractivity contribution in [2.45, 2.75) is 19.8 Å². The van der Waals surface area contributed by atoms with E-state index >= 15 is 0 Å². The molecule has 1 saturated carbocycles. The summed E-state index contributed by atoms with van der Waals surface area (Å²) in [5, 5.41) is 4.95. The van der Waals surface area contributed by atoms with Gasteiger partial charge in [0.05, 0.1) is 5.69 Å². The Morgan fingerprint density at radius 1 is 0.929 bits per heavy atom. The van der Waals surface area contributed by atoms with Gasteiger partial charge in [-0.05, 0) is 49.8 Å². The Balaban J connectivity index is 1.77. The number of para-hydroxylation sites is 1. The minimum atomic E-state index is 0.844. The van der Waals surface area contributed by atoms with Crippen LogP contribution in [0.25, 0.3) is 16.9 Å². The van der Waals surface area contributed by atoms with Crippen molar-refractivity contribution in [1.29, 1.82) is 0 Å². The Morgan fingerprint density at radius 2 is 1.64 bits per heavy atom. The lowest BCUT2D eigenvalue weighted by atomic mass is 9.91. The van der Waals surface area contributed by atoms with Crippen molar-refractivity contribution in [3.8, 4) is 16.9 Å². The molecule has 0 atom stereocenters.